The summed E-state index contributed by atoms with van der Waals surface area (Å²) in [5.74, 6) is 8.30. The number of hydrogen-bond donors (Lipinski definition) is 0. The quantitative estimate of drug-likeness (QED) is 0.563. The lowest BCUT2D eigenvalue weighted by atomic mass is 9.43. The van der Waals surface area contributed by atoms with Gasteiger partial charge in [0.05, 0.1) is 0 Å². The first-order chi connectivity index (χ1) is 7.73. The van der Waals surface area contributed by atoms with Crippen molar-refractivity contribution in [2.75, 3.05) is 0 Å². The van der Waals surface area contributed by atoms with Gasteiger partial charge in [-0.05, 0) is 83.6 Å². The van der Waals surface area contributed by atoms with E-state index >= 15 is 0 Å². The van der Waals surface area contributed by atoms with E-state index in [-0.39, 0.29) is 0 Å². The van der Waals surface area contributed by atoms with Crippen molar-refractivity contribution in [2.45, 2.75) is 38.3 Å². The van der Waals surface area contributed by atoms with Crippen molar-refractivity contribution in [2.24, 2.45) is 52.3 Å². The van der Waals surface area contributed by atoms with Crippen molar-refractivity contribution in [1.82, 2.24) is 0 Å². The SMILES string of the molecule is CC1CC2C3C[C@]45C(CC4C54C(P)CC34)C12. The highest BCUT2D eigenvalue weighted by molar-refractivity contribution is 7.17. The van der Waals surface area contributed by atoms with Gasteiger partial charge in [0.2, 0.25) is 0 Å². The maximum Gasteiger partial charge on any atom is -0.0107 e. The molecule has 6 fully saturated rings. The van der Waals surface area contributed by atoms with Crippen molar-refractivity contribution in [3.05, 3.63) is 0 Å². The van der Waals surface area contributed by atoms with Crippen LogP contribution in [0.1, 0.15) is 32.6 Å². The highest BCUT2D eigenvalue weighted by atomic mass is 31.0. The van der Waals surface area contributed by atoms with Crippen LogP contribution in [0.3, 0.4) is 0 Å². The lowest BCUT2D eigenvalue weighted by Crippen LogP contribution is -2.55. The van der Waals surface area contributed by atoms with Crippen LogP contribution in [0.25, 0.3) is 0 Å². The summed E-state index contributed by atoms with van der Waals surface area (Å²) >= 11 is 0. The molecule has 6 rings (SSSR count). The molecule has 86 valence electrons. The van der Waals surface area contributed by atoms with Crippen LogP contribution in [0.2, 0.25) is 0 Å². The molecule has 0 heterocycles. The molecule has 0 radical (unpaired) electrons. The topological polar surface area (TPSA) is 0 Å². The summed E-state index contributed by atoms with van der Waals surface area (Å²) in [5.41, 5.74) is 2.90. The molecule has 2 spiro atoms. The van der Waals surface area contributed by atoms with Crippen LogP contribution in [0, 0.1) is 52.3 Å². The summed E-state index contributed by atoms with van der Waals surface area (Å²) in [4.78, 5) is 0. The summed E-state index contributed by atoms with van der Waals surface area (Å²) in [6.07, 6.45) is 6.52. The first kappa shape index (κ1) is 8.52. The molecule has 6 aliphatic carbocycles. The van der Waals surface area contributed by atoms with Crippen molar-refractivity contribution in [3.8, 4) is 0 Å². The summed E-state index contributed by atoms with van der Waals surface area (Å²) < 4.78 is 0. The molecule has 2 bridgehead atoms. The molecule has 0 saturated heterocycles. The van der Waals surface area contributed by atoms with Crippen LogP contribution in [0.5, 0.6) is 0 Å². The maximum absolute atomic E-state index is 3.23. The molecule has 6 aliphatic rings. The van der Waals surface area contributed by atoms with E-state index in [0.29, 0.717) is 0 Å². The monoisotopic (exact) mass is 232 g/mol. The summed E-state index contributed by atoms with van der Waals surface area (Å²) in [7, 11) is 3.23. The highest BCUT2D eigenvalue weighted by Gasteiger charge is 2.97. The zero-order valence-electron chi connectivity index (χ0n) is 10.0. The zero-order valence-corrected chi connectivity index (χ0v) is 11.2. The number of fused-ring (bicyclic) bond motifs is 3. The van der Waals surface area contributed by atoms with E-state index in [4.69, 9.17) is 0 Å². The molecule has 0 aliphatic heterocycles. The fourth-order valence-electron chi connectivity index (χ4n) is 8.58. The largest absolute Gasteiger partial charge is 0.134 e. The van der Waals surface area contributed by atoms with E-state index in [1.165, 1.54) is 35.5 Å². The van der Waals surface area contributed by atoms with E-state index < -0.39 is 0 Å². The minimum Gasteiger partial charge on any atom is -0.134 e. The van der Waals surface area contributed by atoms with E-state index in [2.05, 4.69) is 16.2 Å². The number of rotatable bonds is 0. The van der Waals surface area contributed by atoms with Crippen LogP contribution >= 0.6 is 9.24 Å². The van der Waals surface area contributed by atoms with E-state index in [9.17, 15) is 0 Å². The second kappa shape index (κ2) is 1.97. The smallest absolute Gasteiger partial charge is 0.0107 e. The molecular weight excluding hydrogens is 211 g/mol. The van der Waals surface area contributed by atoms with Gasteiger partial charge in [-0.2, -0.15) is 0 Å². The van der Waals surface area contributed by atoms with Crippen LogP contribution < -0.4 is 0 Å². The fraction of sp³-hybridized carbons (Fsp3) is 1.00. The van der Waals surface area contributed by atoms with Crippen molar-refractivity contribution in [3.63, 3.8) is 0 Å². The van der Waals surface area contributed by atoms with Gasteiger partial charge in [-0.15, -0.1) is 9.24 Å². The lowest BCUT2D eigenvalue weighted by molar-refractivity contribution is -0.130. The molecule has 0 nitrogen and oxygen atoms in total. The Kier molecular flexibility index (Phi) is 1.05. The minimum atomic E-state index is 0.921. The second-order valence-electron chi connectivity index (χ2n) is 8.14. The second-order valence-corrected chi connectivity index (χ2v) is 8.94. The molecule has 16 heavy (non-hydrogen) atoms. The summed E-state index contributed by atoms with van der Waals surface area (Å²) in [6.45, 7) is 2.55. The van der Waals surface area contributed by atoms with Crippen molar-refractivity contribution in [1.29, 1.82) is 0 Å². The van der Waals surface area contributed by atoms with Crippen molar-refractivity contribution < 1.29 is 0 Å². The van der Waals surface area contributed by atoms with E-state index in [1.54, 1.807) is 25.7 Å². The molecule has 10 unspecified atom stereocenters. The Labute approximate surface area is 100 Å². The standard InChI is InChI=1S/C15H21P/c1-6-2-7-8-5-14-10(13(6)7)3-11(14)15(14)9(8)4-12(15)16/h6-13H,2-5,16H2,1H3/t6?,7?,8?,9?,10?,11?,12?,13?,14-,15?/m0/s1. The molecule has 0 aromatic carbocycles. The van der Waals surface area contributed by atoms with Gasteiger partial charge in [-0.25, -0.2) is 0 Å². The van der Waals surface area contributed by atoms with Gasteiger partial charge < -0.3 is 0 Å². The normalized spacial score (nSPS) is 84.4. The first-order valence-electron chi connectivity index (χ1n) is 7.48. The Morgan fingerprint density at radius 1 is 1.06 bits per heavy atom. The lowest BCUT2D eigenvalue weighted by Gasteiger charge is -2.61. The molecule has 0 N–H and O–H groups in total. The molecular formula is C15H21P. The molecule has 11 atom stereocenters. The van der Waals surface area contributed by atoms with Crippen LogP contribution in [0.15, 0.2) is 0 Å². The van der Waals surface area contributed by atoms with E-state index in [0.717, 1.165) is 22.4 Å². The molecule has 0 aromatic heterocycles. The molecule has 0 aromatic rings. The third-order valence-corrected chi connectivity index (χ3v) is 9.53. The van der Waals surface area contributed by atoms with Crippen LogP contribution in [0.4, 0.5) is 0 Å². The van der Waals surface area contributed by atoms with Gasteiger partial charge in [0, 0.05) is 0 Å². The van der Waals surface area contributed by atoms with Gasteiger partial charge in [-0.3, -0.25) is 0 Å². The number of hydrogen-bond acceptors (Lipinski definition) is 0. The summed E-state index contributed by atoms with van der Waals surface area (Å²) in [6, 6.07) is 0. The van der Waals surface area contributed by atoms with Gasteiger partial charge >= 0.3 is 0 Å². The third kappa shape index (κ3) is 0.470. The van der Waals surface area contributed by atoms with Crippen molar-refractivity contribution >= 4 is 9.24 Å². The first-order valence-corrected chi connectivity index (χ1v) is 8.15. The predicted octanol–water partition coefficient (Wildman–Crippen LogP) is 3.18. The van der Waals surface area contributed by atoms with Gasteiger partial charge in [-0.1, -0.05) is 6.92 Å². The maximum atomic E-state index is 3.23. The fourth-order valence-corrected chi connectivity index (χ4v) is 9.66. The van der Waals surface area contributed by atoms with Crippen LogP contribution in [-0.4, -0.2) is 5.66 Å². The summed E-state index contributed by atoms with van der Waals surface area (Å²) in [5, 5.41) is 0. The Morgan fingerprint density at radius 2 is 1.94 bits per heavy atom. The average molecular weight is 232 g/mol. The molecule has 0 amide bonds. The Morgan fingerprint density at radius 3 is 2.69 bits per heavy atom. The molecule has 1 heteroatoms. The minimum absolute atomic E-state index is 0.921. The highest BCUT2D eigenvalue weighted by Crippen LogP contribution is 3.01. The Hall–Kier alpha value is 0.430. The van der Waals surface area contributed by atoms with Gasteiger partial charge in [0.25, 0.3) is 0 Å². The Balaban J connectivity index is 1.57. The third-order valence-electron chi connectivity index (χ3n) is 8.71. The van der Waals surface area contributed by atoms with Crippen LogP contribution in [-0.2, 0) is 0 Å². The van der Waals surface area contributed by atoms with E-state index in [1.807, 2.05) is 0 Å². The Bertz CT molecular complexity index is 431. The average Bonchev–Trinajstić information content (AvgIpc) is 2.59. The van der Waals surface area contributed by atoms with Gasteiger partial charge in [0.15, 0.2) is 0 Å². The van der Waals surface area contributed by atoms with Gasteiger partial charge in [0.1, 0.15) is 0 Å². The predicted molar refractivity (Wildman–Crippen MR) is 66.9 cm³/mol. The zero-order chi connectivity index (χ0) is 10.4. The molecule has 6 saturated carbocycles.